The smallest absolute Gasteiger partial charge is 0.455 e. The summed E-state index contributed by atoms with van der Waals surface area (Å²) < 4.78 is 20.7. The van der Waals surface area contributed by atoms with E-state index in [-0.39, 0.29) is 18.9 Å². The average Bonchev–Trinajstić information content (AvgIpc) is 1.25. The maximum Gasteiger partial charge on any atom is 1.00 e. The topological polar surface area (TPSA) is 39.4 Å². The summed E-state index contributed by atoms with van der Waals surface area (Å²) in [5.41, 5.74) is 16.3. The molecule has 3 aromatic heterocycles. The van der Waals surface area contributed by atoms with Gasteiger partial charge >= 0.3 is 25.6 Å². The third kappa shape index (κ3) is 12.8. The number of fused-ring (bicyclic) bond motifs is 9. The van der Waals surface area contributed by atoms with Crippen LogP contribution in [0.15, 0.2) is 321 Å². The Labute approximate surface area is 582 Å². The molecular weight excluding hydrogens is 1280 g/mol. The maximum atomic E-state index is 6.73. The van der Waals surface area contributed by atoms with Crippen LogP contribution in [0.25, 0.3) is 99.2 Å². The Bertz CT molecular complexity index is 5030. The summed E-state index contributed by atoms with van der Waals surface area (Å²) in [4.78, 5) is 0. The van der Waals surface area contributed by atoms with Crippen LogP contribution >= 0.6 is 38.1 Å². The van der Waals surface area contributed by atoms with E-state index in [1.165, 1.54) is 60.5 Å². The molecule has 0 N–H and O–H groups in total. The van der Waals surface area contributed by atoms with Crippen LogP contribution in [0.2, 0.25) is 0 Å². The fourth-order valence-corrected chi connectivity index (χ4v) is 21.1. The molecule has 9 heteroatoms. The molecule has 0 saturated heterocycles. The van der Waals surface area contributed by atoms with Crippen LogP contribution in [0.1, 0.15) is 36.5 Å². The van der Waals surface area contributed by atoms with Gasteiger partial charge in [0.15, 0.2) is 8.07 Å². The van der Waals surface area contributed by atoms with Crippen molar-refractivity contribution in [2.45, 2.75) is 40.5 Å². The molecule has 3 heterocycles. The quantitative estimate of drug-likeness (QED) is 0.0593. The second-order valence-electron chi connectivity index (χ2n) is 23.5. The summed E-state index contributed by atoms with van der Waals surface area (Å²) >= 11 is 16.5. The number of halogens is 3. The van der Waals surface area contributed by atoms with Crippen molar-refractivity contribution in [2.75, 3.05) is 0 Å². The van der Waals surface area contributed by atoms with Crippen molar-refractivity contribution < 1.29 is 32.1 Å². The first-order valence-electron chi connectivity index (χ1n) is 31.6. The van der Waals surface area contributed by atoms with Crippen molar-refractivity contribution in [3.63, 3.8) is 0 Å². The van der Waals surface area contributed by atoms with Gasteiger partial charge < -0.3 is 20.2 Å². The normalized spacial score (nSPS) is 11.4. The van der Waals surface area contributed by atoms with Crippen molar-refractivity contribution in [3.8, 4) is 33.4 Å². The predicted octanol–water partition coefficient (Wildman–Crippen LogP) is 18.5. The van der Waals surface area contributed by atoms with Gasteiger partial charge in [0, 0.05) is 53.5 Å². The van der Waals surface area contributed by atoms with E-state index < -0.39 is 14.8 Å². The molecule has 0 bridgehead atoms. The van der Waals surface area contributed by atoms with Gasteiger partial charge in [0.05, 0.1) is 0 Å². The minimum Gasteiger partial charge on any atom is -0.455 e. The van der Waals surface area contributed by atoms with E-state index >= 15 is 0 Å². The third-order valence-electron chi connectivity index (χ3n) is 17.7. The molecule has 3 nitrogen and oxygen atoms in total. The molecule has 0 aliphatic carbocycles. The molecule has 0 amide bonds. The van der Waals surface area contributed by atoms with Crippen molar-refractivity contribution in [1.29, 1.82) is 0 Å². The molecular formula is C85H68BrCl2LiO3Si2. The van der Waals surface area contributed by atoms with Crippen LogP contribution in [0, 0.1) is 27.7 Å². The molecule has 0 spiro atoms. The number of para-hydroxylation sites is 3. The summed E-state index contributed by atoms with van der Waals surface area (Å²) in [6.07, 6.45) is 2.28. The molecule has 16 aromatic rings. The number of aryl methyl sites for hydroxylation is 3. The summed E-state index contributed by atoms with van der Waals surface area (Å²) in [5.74, 6) is 0. The van der Waals surface area contributed by atoms with Crippen molar-refractivity contribution >= 4 is 150 Å². The molecule has 0 fully saturated rings. The summed E-state index contributed by atoms with van der Waals surface area (Å²) in [7, 11) is -2.91. The number of hydrogen-bond donors (Lipinski definition) is 0. The van der Waals surface area contributed by atoms with Gasteiger partial charge in [-0.15, -0.1) is 22.2 Å². The van der Waals surface area contributed by atoms with Gasteiger partial charge in [0.1, 0.15) is 33.5 Å². The minimum atomic E-state index is -2.91. The van der Waals surface area contributed by atoms with Gasteiger partial charge in [-0.3, -0.25) is 0 Å². The SMILES string of the molecule is Cc1ccccc1-c1cccc2c1oc1ccc(Br)cc12.Cc1ccccc1-c1cccc2c1oc1ccc([Si](c3ccccc3)(c3ccccc3)c3ccc4oc5c(-c6ccccc6C)cccc5c4c3)cc12.Cl[Si](Cl)(c1ccccc1)c1ccccc1.[CH2-]CCC.[Li+]. The third-order valence-corrected chi connectivity index (χ3v) is 27.6. The van der Waals surface area contributed by atoms with E-state index in [0.717, 1.165) is 104 Å². The fraction of sp³-hybridized carbons (Fsp3) is 0.0706. The minimum absolute atomic E-state index is 0. The predicted molar refractivity (Wildman–Crippen MR) is 406 cm³/mol. The Morgan fingerprint density at radius 1 is 0.319 bits per heavy atom. The Balaban J connectivity index is 0.000000168. The molecule has 0 saturated carbocycles. The van der Waals surface area contributed by atoms with Crippen LogP contribution in [-0.2, 0) is 0 Å². The second kappa shape index (κ2) is 28.9. The van der Waals surface area contributed by atoms with Gasteiger partial charge in [-0.25, -0.2) is 0 Å². The van der Waals surface area contributed by atoms with Gasteiger partial charge in [-0.05, 0) is 116 Å². The van der Waals surface area contributed by atoms with E-state index in [2.05, 4.69) is 281 Å². The van der Waals surface area contributed by atoms with Crippen LogP contribution in [0.3, 0.4) is 0 Å². The van der Waals surface area contributed by atoms with Gasteiger partial charge in [0.2, 0.25) is 0 Å². The molecule has 13 aromatic carbocycles. The Hall–Kier alpha value is -8.65. The molecule has 16 rings (SSSR count). The van der Waals surface area contributed by atoms with E-state index in [1.807, 2.05) is 72.8 Å². The first-order chi connectivity index (χ1) is 45.5. The molecule has 0 aliphatic heterocycles. The van der Waals surface area contributed by atoms with Crippen molar-refractivity contribution in [2.24, 2.45) is 0 Å². The molecule has 456 valence electrons. The second-order valence-corrected chi connectivity index (χ2v) is 34.5. The van der Waals surface area contributed by atoms with Crippen LogP contribution in [0.4, 0.5) is 0 Å². The van der Waals surface area contributed by atoms with Crippen LogP contribution in [-0.4, -0.2) is 14.8 Å². The van der Waals surface area contributed by atoms with Gasteiger partial charge in [-0.2, -0.15) is 6.42 Å². The Kier molecular flexibility index (Phi) is 20.1. The number of rotatable bonds is 10. The molecule has 0 radical (unpaired) electrons. The van der Waals surface area contributed by atoms with E-state index in [0.29, 0.717) is 0 Å². The average molecular weight is 1350 g/mol. The fourth-order valence-electron chi connectivity index (χ4n) is 12.9. The maximum absolute atomic E-state index is 6.73. The van der Waals surface area contributed by atoms with Gasteiger partial charge in [0.25, 0.3) is 0 Å². The molecule has 0 atom stereocenters. The summed E-state index contributed by atoms with van der Waals surface area (Å²) in [5, 5.41) is 14.2. The molecule has 94 heavy (non-hydrogen) atoms. The zero-order valence-corrected chi connectivity index (χ0v) is 58.4. The standard InChI is InChI=1S/C50H36O2Si.C19H13BrO.C12H10Cl2Si.C4H9.Li/c1-33-15-9-11-21-39(33)41-23-13-25-43-45-31-37(27-29-47(45)51-49(41)43)53(35-17-5-3-6-18-35,36-19-7-4-8-20-36)38-28-30-48-46(32-38)44-26-14-24-42(50(44)52-48)40-22-12-10-16-34(40)2;1-12-5-2-3-6-14(12)15-7-4-8-16-17-11-13(20)9-10-18(17)21-19(15)16;13-15(14,11-7-3-1-4-8-11)12-9-5-2-6-10-12;1-3-4-2;/h3-32H,1-2H3;2-11H,1H3;1-10H;1,3-4H2,2H3;/q;;;-1;+1. The number of unbranched alkanes of at least 4 members (excludes halogenated alkanes) is 1. The number of benzene rings is 13. The monoisotopic (exact) mass is 1350 g/mol. The zero-order valence-electron chi connectivity index (χ0n) is 53.3. The van der Waals surface area contributed by atoms with Crippen LogP contribution in [0.5, 0.6) is 0 Å². The van der Waals surface area contributed by atoms with E-state index in [9.17, 15) is 0 Å². The van der Waals surface area contributed by atoms with E-state index in [1.54, 1.807) is 0 Å². The van der Waals surface area contributed by atoms with Crippen molar-refractivity contribution in [3.05, 3.63) is 331 Å². The van der Waals surface area contributed by atoms with Gasteiger partial charge in [-0.1, -0.05) is 302 Å². The summed E-state index contributed by atoms with van der Waals surface area (Å²) in [6.45, 7) is 9.67. The number of furan rings is 3. The zero-order chi connectivity index (χ0) is 64.1. The largest absolute Gasteiger partial charge is 1.00 e. The first kappa shape index (κ1) is 65.4. The Morgan fingerprint density at radius 2 is 0.606 bits per heavy atom. The first-order valence-corrected chi connectivity index (χ1v) is 38.4. The van der Waals surface area contributed by atoms with Crippen molar-refractivity contribution in [1.82, 2.24) is 0 Å². The Morgan fingerprint density at radius 3 is 0.936 bits per heavy atom. The molecule has 0 unspecified atom stereocenters. The molecule has 0 aliphatic rings. The number of hydrogen-bond acceptors (Lipinski definition) is 3. The summed E-state index contributed by atoms with van der Waals surface area (Å²) in [6, 6.07) is 107. The van der Waals surface area contributed by atoms with Crippen LogP contribution < -0.4 is 50.0 Å². The van der Waals surface area contributed by atoms with E-state index in [4.69, 9.17) is 35.4 Å².